The van der Waals surface area contributed by atoms with Crippen molar-refractivity contribution < 1.29 is 4.92 Å². The van der Waals surface area contributed by atoms with Gasteiger partial charge in [-0.15, -0.1) is 0 Å². The Kier molecular flexibility index (Phi) is 5.62. The lowest BCUT2D eigenvalue weighted by Crippen LogP contribution is -2.23. The van der Waals surface area contributed by atoms with E-state index < -0.39 is 4.92 Å². The quantitative estimate of drug-likeness (QED) is 0.503. The molecule has 8 nitrogen and oxygen atoms in total. The van der Waals surface area contributed by atoms with Crippen molar-refractivity contribution in [1.82, 2.24) is 9.97 Å². The van der Waals surface area contributed by atoms with Gasteiger partial charge in [0.1, 0.15) is 5.69 Å². The van der Waals surface area contributed by atoms with E-state index in [0.717, 1.165) is 38.5 Å². The number of anilines is 2. The number of fused-ring (bicyclic) bond motifs is 1. The number of nitrogen functional groups attached to an aromatic ring is 1. The first-order chi connectivity index (χ1) is 14.0. The lowest BCUT2D eigenvalue weighted by atomic mass is 9.80. The highest BCUT2D eigenvalue weighted by atomic mass is 16.6. The van der Waals surface area contributed by atoms with Crippen molar-refractivity contribution in [3.05, 3.63) is 51.2 Å². The highest BCUT2D eigenvalue weighted by molar-refractivity contribution is 5.58. The molecule has 0 aliphatic heterocycles. The summed E-state index contributed by atoms with van der Waals surface area (Å²) in [4.78, 5) is 19.9. The Morgan fingerprint density at radius 3 is 2.55 bits per heavy atom. The van der Waals surface area contributed by atoms with Gasteiger partial charge in [-0.05, 0) is 74.5 Å². The first kappa shape index (κ1) is 19.6. The molecule has 2 aliphatic rings. The molecule has 0 bridgehead atoms. The normalized spacial score (nSPS) is 23.6. The SMILES string of the molecule is NCC1CCC(Cc2nc(N[C@H]3CCc4ccccc43)nc(N)c2[N+](=O)[O-])CC1. The molecule has 1 aromatic heterocycles. The number of nitrogens with one attached hydrogen (secondary N) is 1. The highest BCUT2D eigenvalue weighted by Crippen LogP contribution is 2.36. The molecule has 0 radical (unpaired) electrons. The number of nitro groups is 1. The van der Waals surface area contributed by atoms with Crippen LogP contribution in [0, 0.1) is 22.0 Å². The first-order valence-electron chi connectivity index (χ1n) is 10.4. The molecule has 1 heterocycles. The van der Waals surface area contributed by atoms with Gasteiger partial charge in [-0.1, -0.05) is 24.3 Å². The summed E-state index contributed by atoms with van der Waals surface area (Å²) < 4.78 is 0. The zero-order valence-electron chi connectivity index (χ0n) is 16.5. The average Bonchev–Trinajstić information content (AvgIpc) is 3.11. The van der Waals surface area contributed by atoms with E-state index in [4.69, 9.17) is 11.5 Å². The van der Waals surface area contributed by atoms with Crippen LogP contribution in [-0.4, -0.2) is 21.4 Å². The smallest absolute Gasteiger partial charge is 0.332 e. The molecule has 1 atom stereocenters. The topological polar surface area (TPSA) is 133 Å². The van der Waals surface area contributed by atoms with E-state index in [1.807, 2.05) is 12.1 Å². The molecular weight excluding hydrogens is 368 g/mol. The van der Waals surface area contributed by atoms with E-state index in [2.05, 4.69) is 27.4 Å². The van der Waals surface area contributed by atoms with Crippen molar-refractivity contribution in [2.24, 2.45) is 17.6 Å². The van der Waals surface area contributed by atoms with Gasteiger partial charge in [0.2, 0.25) is 11.8 Å². The Hall–Kier alpha value is -2.74. The summed E-state index contributed by atoms with van der Waals surface area (Å²) >= 11 is 0. The maximum atomic E-state index is 11.6. The van der Waals surface area contributed by atoms with E-state index in [1.54, 1.807) is 0 Å². The molecule has 0 unspecified atom stereocenters. The van der Waals surface area contributed by atoms with Gasteiger partial charge >= 0.3 is 5.69 Å². The number of aryl methyl sites for hydroxylation is 1. The molecule has 5 N–H and O–H groups in total. The minimum atomic E-state index is -0.454. The first-order valence-corrected chi connectivity index (χ1v) is 10.4. The van der Waals surface area contributed by atoms with Crippen molar-refractivity contribution >= 4 is 17.5 Å². The molecular formula is C21H28N6O2. The van der Waals surface area contributed by atoms with Crippen molar-refractivity contribution in [3.63, 3.8) is 0 Å². The highest BCUT2D eigenvalue weighted by Gasteiger charge is 2.29. The number of benzene rings is 1. The lowest BCUT2D eigenvalue weighted by Gasteiger charge is -2.27. The Morgan fingerprint density at radius 1 is 1.10 bits per heavy atom. The number of nitrogens with zero attached hydrogens (tertiary/aromatic N) is 3. The van der Waals surface area contributed by atoms with Gasteiger partial charge in [-0.3, -0.25) is 10.1 Å². The number of rotatable bonds is 6. The van der Waals surface area contributed by atoms with Gasteiger partial charge in [-0.2, -0.15) is 4.98 Å². The standard InChI is InChI=1S/C21H28N6O2/c22-12-14-7-5-13(6-8-14)11-18-19(27(28)29)20(23)26-21(25-18)24-17-10-9-15-3-1-2-4-16(15)17/h1-4,13-14,17H,5-12,22H2,(H3,23,24,25,26)/t13?,14?,17-/m0/s1. The largest absolute Gasteiger partial charge is 0.378 e. The van der Waals surface area contributed by atoms with Crippen LogP contribution in [0.15, 0.2) is 24.3 Å². The number of nitrogens with two attached hydrogens (primary N) is 2. The fraction of sp³-hybridized carbons (Fsp3) is 0.524. The Labute approximate surface area is 170 Å². The van der Waals surface area contributed by atoms with Crippen molar-refractivity contribution in [2.75, 3.05) is 17.6 Å². The van der Waals surface area contributed by atoms with E-state index in [1.165, 1.54) is 11.1 Å². The van der Waals surface area contributed by atoms with Crippen LogP contribution in [0.5, 0.6) is 0 Å². The van der Waals surface area contributed by atoms with Crippen LogP contribution in [0.3, 0.4) is 0 Å². The van der Waals surface area contributed by atoms with Crippen LogP contribution in [0.2, 0.25) is 0 Å². The summed E-state index contributed by atoms with van der Waals surface area (Å²) in [5, 5.41) is 15.0. The van der Waals surface area contributed by atoms with Crippen LogP contribution >= 0.6 is 0 Å². The molecule has 8 heteroatoms. The maximum Gasteiger partial charge on any atom is 0.332 e. The fourth-order valence-corrected chi connectivity index (χ4v) is 4.73. The van der Waals surface area contributed by atoms with Gasteiger partial charge in [0, 0.05) is 0 Å². The number of hydrogen-bond acceptors (Lipinski definition) is 7. The average molecular weight is 396 g/mol. The lowest BCUT2D eigenvalue weighted by molar-refractivity contribution is -0.385. The third-order valence-electron chi connectivity index (χ3n) is 6.38. The van der Waals surface area contributed by atoms with E-state index in [9.17, 15) is 10.1 Å². The molecule has 0 spiro atoms. The van der Waals surface area contributed by atoms with Crippen molar-refractivity contribution in [3.8, 4) is 0 Å². The van der Waals surface area contributed by atoms with Gasteiger partial charge in [-0.25, -0.2) is 4.98 Å². The molecule has 0 amide bonds. The molecule has 0 saturated heterocycles. The third-order valence-corrected chi connectivity index (χ3v) is 6.38. The van der Waals surface area contributed by atoms with Crippen molar-refractivity contribution in [2.45, 2.75) is 51.0 Å². The second-order valence-corrected chi connectivity index (χ2v) is 8.25. The van der Waals surface area contributed by atoms with Crippen LogP contribution in [0.4, 0.5) is 17.5 Å². The molecule has 1 aromatic carbocycles. The summed E-state index contributed by atoms with van der Waals surface area (Å²) in [5.41, 5.74) is 14.6. The minimum absolute atomic E-state index is 0.0653. The molecule has 4 rings (SSSR count). The summed E-state index contributed by atoms with van der Waals surface area (Å²) in [5.74, 6) is 1.24. The second kappa shape index (κ2) is 8.32. The zero-order chi connectivity index (χ0) is 20.4. The molecule has 29 heavy (non-hydrogen) atoms. The van der Waals surface area contributed by atoms with Crippen LogP contribution in [0.1, 0.15) is 55.0 Å². The van der Waals surface area contributed by atoms with Crippen LogP contribution in [-0.2, 0) is 12.8 Å². The third kappa shape index (κ3) is 4.17. The molecule has 1 fully saturated rings. The number of hydrogen-bond donors (Lipinski definition) is 3. The summed E-state index contributed by atoms with van der Waals surface area (Å²) in [6.45, 7) is 0.713. The van der Waals surface area contributed by atoms with Gasteiger partial charge < -0.3 is 16.8 Å². The Bertz CT molecular complexity index is 895. The van der Waals surface area contributed by atoms with E-state index in [-0.39, 0.29) is 17.5 Å². The molecule has 2 aromatic rings. The minimum Gasteiger partial charge on any atom is -0.378 e. The summed E-state index contributed by atoms with van der Waals surface area (Å²) in [6, 6.07) is 8.39. The molecule has 2 aliphatic carbocycles. The second-order valence-electron chi connectivity index (χ2n) is 8.25. The Morgan fingerprint density at radius 2 is 1.83 bits per heavy atom. The van der Waals surface area contributed by atoms with Gasteiger partial charge in [0.05, 0.1) is 11.0 Å². The monoisotopic (exact) mass is 396 g/mol. The predicted molar refractivity (Wildman–Crippen MR) is 112 cm³/mol. The maximum absolute atomic E-state index is 11.6. The molecule has 154 valence electrons. The summed E-state index contributed by atoms with van der Waals surface area (Å²) in [6.07, 6.45) is 6.66. The predicted octanol–water partition coefficient (Wildman–Crippen LogP) is 3.37. The van der Waals surface area contributed by atoms with Crippen LogP contribution in [0.25, 0.3) is 0 Å². The van der Waals surface area contributed by atoms with Gasteiger partial charge in [0.15, 0.2) is 0 Å². The van der Waals surface area contributed by atoms with E-state index >= 15 is 0 Å². The van der Waals surface area contributed by atoms with Gasteiger partial charge in [0.25, 0.3) is 0 Å². The Balaban J connectivity index is 1.56. The van der Waals surface area contributed by atoms with E-state index in [0.29, 0.717) is 36.4 Å². The fourth-order valence-electron chi connectivity index (χ4n) is 4.73. The molecule has 1 saturated carbocycles. The number of aromatic nitrogens is 2. The van der Waals surface area contributed by atoms with Crippen LogP contribution < -0.4 is 16.8 Å². The summed E-state index contributed by atoms with van der Waals surface area (Å²) in [7, 11) is 0. The zero-order valence-corrected chi connectivity index (χ0v) is 16.5. The van der Waals surface area contributed by atoms with Crippen molar-refractivity contribution in [1.29, 1.82) is 0 Å².